The molecule has 5 rings (SSSR count). The summed E-state index contributed by atoms with van der Waals surface area (Å²) in [5.74, 6) is 1.34. The van der Waals surface area contributed by atoms with Gasteiger partial charge in [0, 0.05) is 28.7 Å². The number of halogens is 3. The quantitative estimate of drug-likeness (QED) is 0.280. The predicted molar refractivity (Wildman–Crippen MR) is 139 cm³/mol. The highest BCUT2D eigenvalue weighted by molar-refractivity contribution is 6.38. The van der Waals surface area contributed by atoms with Gasteiger partial charge in [0.05, 0.1) is 36.9 Å². The number of hydrogen-bond donors (Lipinski definition) is 0. The van der Waals surface area contributed by atoms with E-state index in [1.807, 2.05) is 36.4 Å². The number of nitrogens with zero attached hydrogens (tertiary/aromatic N) is 1. The Hall–Kier alpha value is -2.70. The molecular formula is C27H22Cl3NO4. The number of hydrogen-bond acceptors (Lipinski definition) is 5. The van der Waals surface area contributed by atoms with Gasteiger partial charge in [-0.05, 0) is 59.5 Å². The topological polar surface area (TPSA) is 51.9 Å². The molecule has 0 saturated heterocycles. The number of fused-ring (bicyclic) bond motifs is 2. The van der Waals surface area contributed by atoms with Gasteiger partial charge in [0.1, 0.15) is 0 Å². The van der Waals surface area contributed by atoms with Crippen molar-refractivity contribution in [3.8, 4) is 11.5 Å². The zero-order chi connectivity index (χ0) is 24.7. The van der Waals surface area contributed by atoms with Gasteiger partial charge in [-0.1, -0.05) is 46.9 Å². The summed E-state index contributed by atoms with van der Waals surface area (Å²) < 4.78 is 16.9. The van der Waals surface area contributed by atoms with Crippen LogP contribution in [-0.4, -0.2) is 25.7 Å². The number of ether oxygens (including phenoxy) is 2. The summed E-state index contributed by atoms with van der Waals surface area (Å²) in [6.45, 7) is 1.08. The Morgan fingerprint density at radius 3 is 2.51 bits per heavy atom. The molecule has 4 aromatic rings. The van der Waals surface area contributed by atoms with Crippen molar-refractivity contribution in [3.05, 3.63) is 102 Å². The van der Waals surface area contributed by atoms with Crippen molar-refractivity contribution in [1.82, 2.24) is 4.90 Å². The number of rotatable bonds is 5. The fourth-order valence-corrected chi connectivity index (χ4v) is 5.51. The SMILES string of the molecule is COc1cc2c(cc1OC)C(c1cccc(Cl)c1)N(Cc1coc3c(Cl)cc(Cl)cc3c1=O)CC2. The van der Waals surface area contributed by atoms with Crippen molar-refractivity contribution in [3.63, 3.8) is 0 Å². The van der Waals surface area contributed by atoms with Crippen LogP contribution in [0.25, 0.3) is 11.0 Å². The van der Waals surface area contributed by atoms with Crippen LogP contribution in [0.15, 0.2) is 64.0 Å². The van der Waals surface area contributed by atoms with Crippen molar-refractivity contribution >= 4 is 45.8 Å². The lowest BCUT2D eigenvalue weighted by Gasteiger charge is -2.38. The van der Waals surface area contributed by atoms with Crippen LogP contribution >= 0.6 is 34.8 Å². The van der Waals surface area contributed by atoms with Gasteiger partial charge < -0.3 is 13.9 Å². The first kappa shape index (κ1) is 24.0. The molecule has 0 spiro atoms. The molecule has 5 nitrogen and oxygen atoms in total. The van der Waals surface area contributed by atoms with Crippen molar-refractivity contribution in [2.75, 3.05) is 20.8 Å². The van der Waals surface area contributed by atoms with Crippen LogP contribution in [0.4, 0.5) is 0 Å². The number of benzene rings is 3. The fourth-order valence-electron chi connectivity index (χ4n) is 4.77. The van der Waals surface area contributed by atoms with Gasteiger partial charge in [-0.15, -0.1) is 0 Å². The largest absolute Gasteiger partial charge is 0.493 e. The summed E-state index contributed by atoms with van der Waals surface area (Å²) in [6.07, 6.45) is 2.27. The zero-order valence-corrected chi connectivity index (χ0v) is 21.4. The van der Waals surface area contributed by atoms with Crippen LogP contribution in [0.2, 0.25) is 15.1 Å². The van der Waals surface area contributed by atoms with E-state index in [0.29, 0.717) is 56.2 Å². The average Bonchev–Trinajstić information content (AvgIpc) is 2.84. The molecule has 0 fully saturated rings. The molecule has 3 aromatic carbocycles. The molecule has 0 bridgehead atoms. The highest BCUT2D eigenvalue weighted by Gasteiger charge is 2.31. The minimum Gasteiger partial charge on any atom is -0.493 e. The van der Waals surface area contributed by atoms with Crippen LogP contribution in [0, 0.1) is 0 Å². The molecule has 1 aliphatic rings. The van der Waals surface area contributed by atoms with E-state index in [1.165, 1.54) is 6.26 Å². The maximum Gasteiger partial charge on any atom is 0.197 e. The monoisotopic (exact) mass is 529 g/mol. The van der Waals surface area contributed by atoms with Gasteiger partial charge in [0.15, 0.2) is 22.5 Å². The maximum absolute atomic E-state index is 13.4. The van der Waals surface area contributed by atoms with Crippen molar-refractivity contribution in [2.24, 2.45) is 0 Å². The fraction of sp³-hybridized carbons (Fsp3) is 0.222. The Morgan fingerprint density at radius 2 is 1.77 bits per heavy atom. The van der Waals surface area contributed by atoms with Crippen LogP contribution in [0.3, 0.4) is 0 Å². The molecule has 1 aliphatic heterocycles. The minimum absolute atomic E-state index is 0.154. The average molecular weight is 531 g/mol. The second kappa shape index (κ2) is 9.75. The summed E-state index contributed by atoms with van der Waals surface area (Å²) in [5.41, 5.74) is 3.95. The van der Waals surface area contributed by atoms with E-state index in [4.69, 9.17) is 48.7 Å². The normalized spacial score (nSPS) is 15.7. The lowest BCUT2D eigenvalue weighted by atomic mass is 9.87. The standard InChI is InChI=1S/C27H22Cl3NO4/c1-33-23-9-15-6-7-31(13-17-14-35-27-21(26(17)32)10-19(29)11-22(27)30)25(20(15)12-24(23)34-2)16-4-3-5-18(28)8-16/h3-5,8-12,14,25H,6-7,13H2,1-2H3. The van der Waals surface area contributed by atoms with Crippen LogP contribution in [0.5, 0.6) is 11.5 Å². The van der Waals surface area contributed by atoms with E-state index in [2.05, 4.69) is 4.90 Å². The van der Waals surface area contributed by atoms with Gasteiger partial charge in [-0.2, -0.15) is 0 Å². The Labute approximate surface area is 217 Å². The highest BCUT2D eigenvalue weighted by Crippen LogP contribution is 2.42. The summed E-state index contributed by atoms with van der Waals surface area (Å²) in [7, 11) is 3.25. The minimum atomic E-state index is -0.157. The Morgan fingerprint density at radius 1 is 1.00 bits per heavy atom. The van der Waals surface area contributed by atoms with Crippen molar-refractivity contribution in [1.29, 1.82) is 0 Å². The Bertz CT molecular complexity index is 1480. The molecular weight excluding hydrogens is 509 g/mol. The van der Waals surface area contributed by atoms with Gasteiger partial charge >= 0.3 is 0 Å². The van der Waals surface area contributed by atoms with Crippen LogP contribution in [0.1, 0.15) is 28.3 Å². The van der Waals surface area contributed by atoms with Gasteiger partial charge in [0.25, 0.3) is 0 Å². The molecule has 1 unspecified atom stereocenters. The van der Waals surface area contributed by atoms with E-state index in [1.54, 1.807) is 26.4 Å². The highest BCUT2D eigenvalue weighted by atomic mass is 35.5. The molecule has 0 radical (unpaired) electrons. The first-order chi connectivity index (χ1) is 16.9. The van der Waals surface area contributed by atoms with Gasteiger partial charge in [-0.3, -0.25) is 9.69 Å². The first-order valence-electron chi connectivity index (χ1n) is 11.0. The summed E-state index contributed by atoms with van der Waals surface area (Å²) in [5, 5.41) is 1.70. The van der Waals surface area contributed by atoms with Gasteiger partial charge in [0.2, 0.25) is 0 Å². The molecule has 2 heterocycles. The van der Waals surface area contributed by atoms with E-state index in [-0.39, 0.29) is 11.5 Å². The van der Waals surface area contributed by atoms with Gasteiger partial charge in [-0.25, -0.2) is 0 Å². The van der Waals surface area contributed by atoms with Crippen molar-refractivity contribution < 1.29 is 13.9 Å². The lowest BCUT2D eigenvalue weighted by Crippen LogP contribution is -2.37. The molecule has 180 valence electrons. The molecule has 35 heavy (non-hydrogen) atoms. The third-order valence-electron chi connectivity index (χ3n) is 6.38. The summed E-state index contributed by atoms with van der Waals surface area (Å²) >= 11 is 18.8. The number of methoxy groups -OCH3 is 2. The van der Waals surface area contributed by atoms with E-state index in [0.717, 1.165) is 23.1 Å². The molecule has 0 N–H and O–H groups in total. The predicted octanol–water partition coefficient (Wildman–Crippen LogP) is 6.92. The Balaban J connectivity index is 1.62. The molecule has 0 aliphatic carbocycles. The zero-order valence-electron chi connectivity index (χ0n) is 19.1. The second-order valence-electron chi connectivity index (χ2n) is 8.44. The van der Waals surface area contributed by atoms with Crippen LogP contribution in [-0.2, 0) is 13.0 Å². The summed E-state index contributed by atoms with van der Waals surface area (Å²) in [4.78, 5) is 15.6. The van der Waals surface area contributed by atoms with E-state index < -0.39 is 0 Å². The first-order valence-corrected chi connectivity index (χ1v) is 12.2. The molecule has 0 amide bonds. The second-order valence-corrected chi connectivity index (χ2v) is 9.72. The molecule has 0 saturated carbocycles. The molecule has 1 atom stereocenters. The van der Waals surface area contributed by atoms with Crippen LogP contribution < -0.4 is 14.9 Å². The Kier molecular flexibility index (Phi) is 6.69. The van der Waals surface area contributed by atoms with E-state index in [9.17, 15) is 4.79 Å². The smallest absolute Gasteiger partial charge is 0.197 e. The van der Waals surface area contributed by atoms with E-state index >= 15 is 0 Å². The lowest BCUT2D eigenvalue weighted by molar-refractivity contribution is 0.201. The molecule has 1 aromatic heterocycles. The van der Waals surface area contributed by atoms with Crippen molar-refractivity contribution in [2.45, 2.75) is 19.0 Å². The molecule has 8 heteroatoms. The maximum atomic E-state index is 13.4. The third-order valence-corrected chi connectivity index (χ3v) is 7.11. The summed E-state index contributed by atoms with van der Waals surface area (Å²) in [6, 6.07) is 14.8. The third kappa shape index (κ3) is 4.50.